The number of likely N-dealkylation sites (N-methyl/N-ethyl adjacent to an activating group) is 1. The third kappa shape index (κ3) is 4.24. The van der Waals surface area contributed by atoms with E-state index in [1.54, 1.807) is 13.8 Å². The van der Waals surface area contributed by atoms with Crippen molar-refractivity contribution in [3.8, 4) is 5.75 Å². The first-order valence-electron chi connectivity index (χ1n) is 10.3. The smallest absolute Gasteiger partial charge is 0.416 e. The number of ether oxygens (including phenoxy) is 1. The van der Waals surface area contributed by atoms with Gasteiger partial charge in [-0.3, -0.25) is 0 Å². The number of fused-ring (bicyclic) bond motifs is 2. The van der Waals surface area contributed by atoms with Crippen LogP contribution in [0.5, 0.6) is 5.75 Å². The molecular weight excluding hydrogens is 419 g/mol. The zero-order valence-electron chi connectivity index (χ0n) is 18.6. The summed E-state index contributed by atoms with van der Waals surface area (Å²) >= 11 is 0. The SMILES string of the molecule is Cc1nc(NC(C)c2cc(N)cc(C(F)(F)F)c2)c2cc3c(cc2n1)OC(C)(C)CN3C. The summed E-state index contributed by atoms with van der Waals surface area (Å²) in [7, 11) is 1.99. The van der Waals surface area contributed by atoms with E-state index in [0.717, 1.165) is 29.0 Å². The van der Waals surface area contributed by atoms with E-state index in [-0.39, 0.29) is 11.3 Å². The van der Waals surface area contributed by atoms with Crippen LogP contribution >= 0.6 is 0 Å². The monoisotopic (exact) mass is 445 g/mol. The van der Waals surface area contributed by atoms with Crippen molar-refractivity contribution in [1.82, 2.24) is 9.97 Å². The lowest BCUT2D eigenvalue weighted by Gasteiger charge is -2.39. The fraction of sp³-hybridized carbons (Fsp3) is 0.391. The number of nitrogens with two attached hydrogens (primary N) is 1. The highest BCUT2D eigenvalue weighted by molar-refractivity contribution is 5.94. The predicted octanol–water partition coefficient (Wildman–Crippen LogP) is 5.32. The van der Waals surface area contributed by atoms with Crippen LogP contribution in [-0.4, -0.2) is 29.2 Å². The predicted molar refractivity (Wildman–Crippen MR) is 120 cm³/mol. The summed E-state index contributed by atoms with van der Waals surface area (Å²) in [5.74, 6) is 1.81. The molecule has 2 heterocycles. The maximum atomic E-state index is 13.2. The number of nitrogens with one attached hydrogen (secondary N) is 1. The third-order valence-corrected chi connectivity index (χ3v) is 5.46. The molecule has 0 spiro atoms. The number of rotatable bonds is 3. The maximum Gasteiger partial charge on any atom is 0.416 e. The van der Waals surface area contributed by atoms with Gasteiger partial charge >= 0.3 is 6.18 Å². The van der Waals surface area contributed by atoms with Gasteiger partial charge in [0.05, 0.1) is 29.4 Å². The van der Waals surface area contributed by atoms with Gasteiger partial charge in [0.15, 0.2) is 0 Å². The summed E-state index contributed by atoms with van der Waals surface area (Å²) in [5.41, 5.74) is 6.71. The second kappa shape index (κ2) is 7.43. The fourth-order valence-electron chi connectivity index (χ4n) is 4.12. The Balaban J connectivity index is 1.75. The van der Waals surface area contributed by atoms with Gasteiger partial charge in [0.2, 0.25) is 0 Å². The topological polar surface area (TPSA) is 76.3 Å². The average molecular weight is 445 g/mol. The summed E-state index contributed by atoms with van der Waals surface area (Å²) in [5, 5.41) is 4.01. The van der Waals surface area contributed by atoms with Gasteiger partial charge in [-0.2, -0.15) is 13.2 Å². The molecule has 9 heteroatoms. The highest BCUT2D eigenvalue weighted by Crippen LogP contribution is 2.41. The van der Waals surface area contributed by atoms with E-state index < -0.39 is 17.8 Å². The molecule has 1 aromatic heterocycles. The molecule has 3 aromatic rings. The van der Waals surface area contributed by atoms with E-state index in [0.29, 0.717) is 29.3 Å². The lowest BCUT2D eigenvalue weighted by atomic mass is 10.0. The molecule has 0 fully saturated rings. The molecule has 6 nitrogen and oxygen atoms in total. The van der Waals surface area contributed by atoms with Gasteiger partial charge in [-0.1, -0.05) is 0 Å². The molecule has 32 heavy (non-hydrogen) atoms. The summed E-state index contributed by atoms with van der Waals surface area (Å²) < 4.78 is 45.9. The van der Waals surface area contributed by atoms with Crippen LogP contribution in [0.25, 0.3) is 10.9 Å². The number of nitrogens with zero attached hydrogens (tertiary/aromatic N) is 3. The highest BCUT2D eigenvalue weighted by atomic mass is 19.4. The van der Waals surface area contributed by atoms with Crippen molar-refractivity contribution in [1.29, 1.82) is 0 Å². The van der Waals surface area contributed by atoms with Crippen molar-refractivity contribution in [3.63, 3.8) is 0 Å². The molecule has 3 N–H and O–H groups in total. The van der Waals surface area contributed by atoms with Crippen molar-refractivity contribution in [2.45, 2.75) is 45.5 Å². The molecule has 0 radical (unpaired) electrons. The lowest BCUT2D eigenvalue weighted by Crippen LogP contribution is -2.45. The van der Waals surface area contributed by atoms with E-state index in [1.165, 1.54) is 6.07 Å². The Hall–Kier alpha value is -3.23. The zero-order valence-corrected chi connectivity index (χ0v) is 18.6. The van der Waals surface area contributed by atoms with Crippen molar-refractivity contribution < 1.29 is 17.9 Å². The molecule has 0 amide bonds. The number of hydrogen-bond acceptors (Lipinski definition) is 6. The Kier molecular flexibility index (Phi) is 5.10. The molecule has 1 aliphatic rings. The van der Waals surface area contributed by atoms with E-state index >= 15 is 0 Å². The Morgan fingerprint density at radius 1 is 1.16 bits per heavy atom. The van der Waals surface area contributed by atoms with Crippen LogP contribution in [0.4, 0.5) is 30.4 Å². The maximum absolute atomic E-state index is 13.2. The molecule has 1 atom stereocenters. The minimum atomic E-state index is -4.47. The van der Waals surface area contributed by atoms with Crippen molar-refractivity contribution >= 4 is 28.1 Å². The first-order chi connectivity index (χ1) is 14.8. The molecule has 2 aromatic carbocycles. The summed E-state index contributed by atoms with van der Waals surface area (Å²) in [6.45, 7) is 8.30. The van der Waals surface area contributed by atoms with Crippen LogP contribution in [0.3, 0.4) is 0 Å². The second-order valence-corrected chi connectivity index (χ2v) is 8.93. The average Bonchev–Trinajstić information content (AvgIpc) is 2.64. The summed E-state index contributed by atoms with van der Waals surface area (Å²) in [4.78, 5) is 11.2. The van der Waals surface area contributed by atoms with Gasteiger partial charge in [0.1, 0.15) is 23.0 Å². The number of hydrogen-bond donors (Lipinski definition) is 2. The molecule has 1 unspecified atom stereocenters. The molecule has 0 aliphatic carbocycles. The molecule has 4 rings (SSSR count). The van der Waals surface area contributed by atoms with E-state index in [2.05, 4.69) is 20.2 Å². The van der Waals surface area contributed by atoms with E-state index in [1.807, 2.05) is 33.0 Å². The van der Waals surface area contributed by atoms with Gasteiger partial charge in [0, 0.05) is 24.2 Å². The van der Waals surface area contributed by atoms with Crippen molar-refractivity contribution in [2.24, 2.45) is 0 Å². The molecule has 170 valence electrons. The standard InChI is InChI=1S/C23H26F3N5O/c1-12(14-6-15(23(24,25)26)8-16(27)7-14)28-21-17-9-19-20(10-18(17)29-13(2)30-21)32-22(3,4)11-31(19)5/h6-10,12H,11,27H2,1-5H3,(H,28,29,30). The molecular formula is C23H26F3N5O. The van der Waals surface area contributed by atoms with Gasteiger partial charge in [-0.05, 0) is 57.5 Å². The molecule has 0 saturated heterocycles. The largest absolute Gasteiger partial charge is 0.484 e. The van der Waals surface area contributed by atoms with Crippen LogP contribution in [0, 0.1) is 6.92 Å². The zero-order chi connectivity index (χ0) is 23.4. The number of anilines is 3. The number of benzene rings is 2. The molecule has 1 aliphatic heterocycles. The van der Waals surface area contributed by atoms with Gasteiger partial charge < -0.3 is 20.7 Å². The number of aryl methyl sites for hydroxylation is 1. The second-order valence-electron chi connectivity index (χ2n) is 8.93. The minimum absolute atomic E-state index is 0.0580. The Morgan fingerprint density at radius 3 is 2.56 bits per heavy atom. The van der Waals surface area contributed by atoms with Gasteiger partial charge in [-0.25, -0.2) is 9.97 Å². The lowest BCUT2D eigenvalue weighted by molar-refractivity contribution is -0.137. The first kappa shape index (κ1) is 22.0. The van der Waals surface area contributed by atoms with Crippen LogP contribution in [0.2, 0.25) is 0 Å². The summed E-state index contributed by atoms with van der Waals surface area (Å²) in [6, 6.07) is 6.94. The van der Waals surface area contributed by atoms with Crippen molar-refractivity contribution in [2.75, 3.05) is 29.5 Å². The summed E-state index contributed by atoms with van der Waals surface area (Å²) in [6.07, 6.45) is -4.47. The number of halogens is 3. The fourth-order valence-corrected chi connectivity index (χ4v) is 4.12. The van der Waals surface area contributed by atoms with Crippen LogP contribution in [0.15, 0.2) is 30.3 Å². The van der Waals surface area contributed by atoms with E-state index in [9.17, 15) is 13.2 Å². The first-order valence-corrected chi connectivity index (χ1v) is 10.3. The van der Waals surface area contributed by atoms with Gasteiger partial charge in [0.25, 0.3) is 0 Å². The molecule has 0 saturated carbocycles. The number of aromatic nitrogens is 2. The normalized spacial score (nSPS) is 16.4. The number of alkyl halides is 3. The highest BCUT2D eigenvalue weighted by Gasteiger charge is 2.32. The van der Waals surface area contributed by atoms with Crippen LogP contribution in [-0.2, 0) is 6.18 Å². The Bertz CT molecular complexity index is 1190. The van der Waals surface area contributed by atoms with Crippen LogP contribution in [0.1, 0.15) is 43.8 Å². The van der Waals surface area contributed by atoms with E-state index in [4.69, 9.17) is 10.5 Å². The third-order valence-electron chi connectivity index (χ3n) is 5.46. The minimum Gasteiger partial charge on any atom is -0.484 e. The quantitative estimate of drug-likeness (QED) is 0.532. The number of nitrogen functional groups attached to an aromatic ring is 1. The Labute approximate surface area is 184 Å². The van der Waals surface area contributed by atoms with Crippen molar-refractivity contribution in [3.05, 3.63) is 47.3 Å². The van der Waals surface area contributed by atoms with Gasteiger partial charge in [-0.15, -0.1) is 0 Å². The van der Waals surface area contributed by atoms with Crippen LogP contribution < -0.4 is 20.7 Å². The Morgan fingerprint density at radius 2 is 1.88 bits per heavy atom. The molecule has 0 bridgehead atoms.